The zero-order chi connectivity index (χ0) is 20.3. The summed E-state index contributed by atoms with van der Waals surface area (Å²) >= 11 is 0. The summed E-state index contributed by atoms with van der Waals surface area (Å²) in [6.45, 7) is 4.14. The van der Waals surface area contributed by atoms with Gasteiger partial charge in [-0.2, -0.15) is 13.2 Å². The predicted octanol–water partition coefficient (Wildman–Crippen LogP) is 4.38. The lowest BCUT2D eigenvalue weighted by molar-refractivity contribution is -0.137. The molecule has 0 bridgehead atoms. The molecule has 2 aromatic rings. The number of halogens is 3. The summed E-state index contributed by atoms with van der Waals surface area (Å²) < 4.78 is 43.9. The molecule has 0 saturated carbocycles. The van der Waals surface area contributed by atoms with E-state index in [1.807, 2.05) is 25.1 Å². The molecule has 1 aliphatic rings. The second-order valence-corrected chi connectivity index (χ2v) is 6.66. The molecule has 150 valence electrons. The third-order valence-electron chi connectivity index (χ3n) is 4.68. The number of hydrogen-bond acceptors (Lipinski definition) is 3. The average Bonchev–Trinajstić information content (AvgIpc) is 2.67. The first-order valence-corrected chi connectivity index (χ1v) is 8.90. The van der Waals surface area contributed by atoms with Crippen LogP contribution in [0.15, 0.2) is 42.5 Å². The molecule has 5 nitrogen and oxygen atoms in total. The number of benzene rings is 2. The molecule has 0 radical (unpaired) electrons. The number of nitrogens with zero attached hydrogens (tertiary/aromatic N) is 2. The van der Waals surface area contributed by atoms with E-state index in [0.29, 0.717) is 26.2 Å². The molecule has 28 heavy (non-hydrogen) atoms. The highest BCUT2D eigenvalue weighted by molar-refractivity contribution is 5.89. The Kier molecular flexibility index (Phi) is 5.67. The highest BCUT2D eigenvalue weighted by atomic mass is 19.4. The van der Waals surface area contributed by atoms with Crippen molar-refractivity contribution in [2.75, 3.05) is 43.5 Å². The van der Waals surface area contributed by atoms with Gasteiger partial charge in [0.1, 0.15) is 5.75 Å². The van der Waals surface area contributed by atoms with E-state index in [9.17, 15) is 18.0 Å². The monoisotopic (exact) mass is 393 g/mol. The minimum atomic E-state index is -4.45. The van der Waals surface area contributed by atoms with Gasteiger partial charge in [-0.1, -0.05) is 12.1 Å². The van der Waals surface area contributed by atoms with Crippen molar-refractivity contribution in [3.8, 4) is 5.75 Å². The summed E-state index contributed by atoms with van der Waals surface area (Å²) in [6, 6.07) is 10.2. The van der Waals surface area contributed by atoms with Crippen LogP contribution in [0, 0.1) is 6.92 Å². The first kappa shape index (κ1) is 19.9. The van der Waals surface area contributed by atoms with Gasteiger partial charge in [0, 0.05) is 31.9 Å². The molecule has 3 rings (SSSR count). The molecule has 2 amide bonds. The molecule has 1 aliphatic heterocycles. The molecule has 2 aromatic carbocycles. The first-order chi connectivity index (χ1) is 13.3. The fourth-order valence-corrected chi connectivity index (χ4v) is 3.17. The Labute approximate surface area is 161 Å². The van der Waals surface area contributed by atoms with Gasteiger partial charge < -0.3 is 19.9 Å². The summed E-state index contributed by atoms with van der Waals surface area (Å²) in [6.07, 6.45) is -4.45. The number of alkyl halides is 3. The fourth-order valence-electron chi connectivity index (χ4n) is 3.17. The average molecular weight is 393 g/mol. The van der Waals surface area contributed by atoms with Crippen LogP contribution in [-0.4, -0.2) is 44.2 Å². The molecule has 8 heteroatoms. The Morgan fingerprint density at radius 3 is 2.43 bits per heavy atom. The Bertz CT molecular complexity index is 847. The summed E-state index contributed by atoms with van der Waals surface area (Å²) in [5, 5.41) is 2.55. The summed E-state index contributed by atoms with van der Waals surface area (Å²) in [7, 11) is 1.62. The molecular formula is C20H22F3N3O2. The maximum atomic E-state index is 12.8. The number of anilines is 2. The highest BCUT2D eigenvalue weighted by Crippen LogP contribution is 2.31. The third kappa shape index (κ3) is 4.49. The number of piperazine rings is 1. The normalized spacial score (nSPS) is 14.8. The van der Waals surface area contributed by atoms with Crippen molar-refractivity contribution in [2.45, 2.75) is 13.1 Å². The number of carbonyl (C=O) groups excluding carboxylic acids is 1. The smallest absolute Gasteiger partial charge is 0.416 e. The maximum absolute atomic E-state index is 12.8. The van der Waals surface area contributed by atoms with Crippen LogP contribution in [0.1, 0.15) is 11.1 Å². The van der Waals surface area contributed by atoms with E-state index in [-0.39, 0.29) is 5.69 Å². The van der Waals surface area contributed by atoms with Crippen LogP contribution in [0.4, 0.5) is 29.3 Å². The molecule has 0 atom stereocenters. The van der Waals surface area contributed by atoms with E-state index in [1.54, 1.807) is 12.0 Å². The number of methoxy groups -OCH3 is 1. The number of amides is 2. The van der Waals surface area contributed by atoms with Crippen LogP contribution in [0.25, 0.3) is 0 Å². The minimum absolute atomic E-state index is 0.127. The number of urea groups is 1. The summed E-state index contributed by atoms with van der Waals surface area (Å²) in [5.41, 5.74) is 1.42. The van der Waals surface area contributed by atoms with Crippen LogP contribution in [0.3, 0.4) is 0 Å². The van der Waals surface area contributed by atoms with Gasteiger partial charge in [0.05, 0.1) is 18.4 Å². The fraction of sp³-hybridized carbons (Fsp3) is 0.350. The largest absolute Gasteiger partial charge is 0.495 e. The summed E-state index contributed by atoms with van der Waals surface area (Å²) in [4.78, 5) is 16.2. The molecule has 1 saturated heterocycles. The van der Waals surface area contributed by atoms with Gasteiger partial charge in [0.2, 0.25) is 0 Å². The Morgan fingerprint density at radius 1 is 1.07 bits per heavy atom. The SMILES string of the molecule is COc1ccc(C)cc1N1CCN(C(=O)Nc2cccc(C(F)(F)F)c2)CC1. The lowest BCUT2D eigenvalue weighted by Crippen LogP contribution is -2.50. The molecule has 1 N–H and O–H groups in total. The van der Waals surface area contributed by atoms with Crippen molar-refractivity contribution in [3.05, 3.63) is 53.6 Å². The molecule has 0 spiro atoms. The second-order valence-electron chi connectivity index (χ2n) is 6.66. The Balaban J connectivity index is 1.62. The van der Waals surface area contributed by atoms with E-state index >= 15 is 0 Å². The lowest BCUT2D eigenvalue weighted by atomic mass is 10.1. The van der Waals surface area contributed by atoms with E-state index in [2.05, 4.69) is 10.2 Å². The molecular weight excluding hydrogens is 371 g/mol. The van der Waals surface area contributed by atoms with Crippen LogP contribution in [0.2, 0.25) is 0 Å². The van der Waals surface area contributed by atoms with E-state index < -0.39 is 17.8 Å². The van der Waals surface area contributed by atoms with Crippen molar-refractivity contribution in [1.29, 1.82) is 0 Å². The lowest BCUT2D eigenvalue weighted by Gasteiger charge is -2.36. The number of rotatable bonds is 3. The van der Waals surface area contributed by atoms with E-state index in [4.69, 9.17) is 4.74 Å². The van der Waals surface area contributed by atoms with Crippen molar-refractivity contribution < 1.29 is 22.7 Å². The highest BCUT2D eigenvalue weighted by Gasteiger charge is 2.31. The Morgan fingerprint density at radius 2 is 1.79 bits per heavy atom. The molecule has 1 heterocycles. The molecule has 1 fully saturated rings. The van der Waals surface area contributed by atoms with Crippen molar-refractivity contribution in [3.63, 3.8) is 0 Å². The standard InChI is InChI=1S/C20H22F3N3O2/c1-14-6-7-18(28-2)17(12-14)25-8-10-26(11-9-25)19(27)24-16-5-3-4-15(13-16)20(21,22)23/h3-7,12-13H,8-11H2,1-2H3,(H,24,27). The summed E-state index contributed by atoms with van der Waals surface area (Å²) in [5.74, 6) is 0.771. The number of carbonyl (C=O) groups is 1. The zero-order valence-corrected chi connectivity index (χ0v) is 15.7. The third-order valence-corrected chi connectivity index (χ3v) is 4.68. The molecule has 0 aliphatic carbocycles. The van der Waals surface area contributed by atoms with Gasteiger partial charge in [-0.05, 0) is 42.8 Å². The van der Waals surface area contributed by atoms with Crippen molar-refractivity contribution >= 4 is 17.4 Å². The van der Waals surface area contributed by atoms with Gasteiger partial charge in [-0.25, -0.2) is 4.79 Å². The number of hydrogen-bond donors (Lipinski definition) is 1. The van der Waals surface area contributed by atoms with Crippen LogP contribution < -0.4 is 15.0 Å². The van der Waals surface area contributed by atoms with Gasteiger partial charge >= 0.3 is 12.2 Å². The van der Waals surface area contributed by atoms with Gasteiger partial charge in [0.15, 0.2) is 0 Å². The topological polar surface area (TPSA) is 44.8 Å². The number of aryl methyl sites for hydroxylation is 1. The maximum Gasteiger partial charge on any atom is 0.416 e. The van der Waals surface area contributed by atoms with E-state index in [1.165, 1.54) is 12.1 Å². The van der Waals surface area contributed by atoms with Crippen LogP contribution >= 0.6 is 0 Å². The number of nitrogens with one attached hydrogen (secondary N) is 1. The zero-order valence-electron chi connectivity index (χ0n) is 15.7. The van der Waals surface area contributed by atoms with Crippen LogP contribution in [0.5, 0.6) is 5.75 Å². The van der Waals surface area contributed by atoms with Gasteiger partial charge in [0.25, 0.3) is 0 Å². The van der Waals surface area contributed by atoms with Crippen LogP contribution in [-0.2, 0) is 6.18 Å². The van der Waals surface area contributed by atoms with E-state index in [0.717, 1.165) is 29.1 Å². The molecule has 0 aromatic heterocycles. The first-order valence-electron chi connectivity index (χ1n) is 8.90. The van der Waals surface area contributed by atoms with Gasteiger partial charge in [-0.15, -0.1) is 0 Å². The molecule has 0 unspecified atom stereocenters. The van der Waals surface area contributed by atoms with Crippen molar-refractivity contribution in [1.82, 2.24) is 4.90 Å². The second kappa shape index (κ2) is 8.00. The van der Waals surface area contributed by atoms with Gasteiger partial charge in [-0.3, -0.25) is 0 Å². The quantitative estimate of drug-likeness (QED) is 0.842. The predicted molar refractivity (Wildman–Crippen MR) is 102 cm³/mol. The Hall–Kier alpha value is -2.90. The number of ether oxygens (including phenoxy) is 1. The van der Waals surface area contributed by atoms with Crippen molar-refractivity contribution in [2.24, 2.45) is 0 Å². The minimum Gasteiger partial charge on any atom is -0.495 e.